The summed E-state index contributed by atoms with van der Waals surface area (Å²) in [7, 11) is 0. The predicted molar refractivity (Wildman–Crippen MR) is 416 cm³/mol. The van der Waals surface area contributed by atoms with Crippen molar-refractivity contribution in [2.45, 2.75) is 199 Å². The summed E-state index contributed by atoms with van der Waals surface area (Å²) in [5.41, 5.74) is 5.91. The lowest BCUT2D eigenvalue weighted by Gasteiger charge is -2.08. The fraction of sp³-hybridized carbons (Fsp3) is 0.370. The average molecular weight is 1350 g/mol. The third-order valence-corrected chi connectivity index (χ3v) is 15.7. The van der Waals surface area contributed by atoms with Crippen molar-refractivity contribution in [2.75, 3.05) is 0 Å². The number of benzene rings is 5. The van der Waals surface area contributed by atoms with Crippen LogP contribution in [0.15, 0.2) is 252 Å². The average Bonchev–Trinajstić information content (AvgIpc) is 1.69. The molecule has 10 heterocycles. The largest absolute Gasteiger partial charge is 0.352 e. The smallest absolute Gasteiger partial charge is 0.137 e. The van der Waals surface area contributed by atoms with Crippen molar-refractivity contribution in [3.8, 4) is 0 Å². The number of para-hydroxylation sites is 4. The molecule has 10 aromatic heterocycles. The molecule has 0 atom stereocenters. The van der Waals surface area contributed by atoms with Crippen LogP contribution in [0.3, 0.4) is 0 Å². The van der Waals surface area contributed by atoms with Crippen LogP contribution in [-0.2, 0) is 0 Å². The zero-order chi connectivity index (χ0) is 72.7. The zero-order valence-corrected chi connectivity index (χ0v) is 62.9. The third-order valence-electron chi connectivity index (χ3n) is 15.7. The fourth-order valence-electron chi connectivity index (χ4n) is 9.81. The van der Waals surface area contributed by atoms with Crippen molar-refractivity contribution in [3.05, 3.63) is 252 Å². The van der Waals surface area contributed by atoms with Gasteiger partial charge in [0.2, 0.25) is 0 Å². The van der Waals surface area contributed by atoms with E-state index in [0.29, 0.717) is 60.4 Å². The van der Waals surface area contributed by atoms with Gasteiger partial charge in [0.1, 0.15) is 25.3 Å². The summed E-state index contributed by atoms with van der Waals surface area (Å²) in [6.07, 6.45) is 32.6. The van der Waals surface area contributed by atoms with Crippen molar-refractivity contribution in [2.24, 2.45) is 0 Å². The van der Waals surface area contributed by atoms with Gasteiger partial charge in [-0.3, -0.25) is 18.7 Å². The van der Waals surface area contributed by atoms with E-state index in [-0.39, 0.29) is 0 Å². The number of hydrogen-bond acceptors (Lipinski definition) is 9. The zero-order valence-electron chi connectivity index (χ0n) is 62.9. The highest BCUT2D eigenvalue weighted by atomic mass is 15.3. The lowest BCUT2D eigenvalue weighted by atomic mass is 10.2. The van der Waals surface area contributed by atoms with Crippen LogP contribution in [0.1, 0.15) is 199 Å². The van der Waals surface area contributed by atoms with E-state index in [4.69, 9.17) is 0 Å². The molecule has 0 aliphatic heterocycles. The highest BCUT2D eigenvalue weighted by Crippen LogP contribution is 2.22. The summed E-state index contributed by atoms with van der Waals surface area (Å²) in [5, 5.41) is 30.4. The van der Waals surface area contributed by atoms with E-state index < -0.39 is 0 Å². The Kier molecular flexibility index (Phi) is 31.8. The van der Waals surface area contributed by atoms with Gasteiger partial charge in [0, 0.05) is 139 Å². The number of fused-ring (bicyclic) bond motifs is 5. The number of aromatic nitrogens is 19. The molecule has 0 saturated heterocycles. The molecule has 0 radical (unpaired) electrons. The Hall–Kier alpha value is -10.4. The number of rotatable bonds is 10. The molecular weight excluding hydrogens is 1240 g/mol. The second-order valence-electron chi connectivity index (χ2n) is 26.9. The Labute approximate surface area is 593 Å². The second-order valence-corrected chi connectivity index (χ2v) is 26.9. The molecule has 0 N–H and O–H groups in total. The Morgan fingerprint density at radius 1 is 0.280 bits per heavy atom. The van der Waals surface area contributed by atoms with Gasteiger partial charge in [-0.2, -0.15) is 20.4 Å². The van der Waals surface area contributed by atoms with Crippen molar-refractivity contribution in [1.82, 2.24) is 91.7 Å². The summed E-state index contributed by atoms with van der Waals surface area (Å²) >= 11 is 0. The van der Waals surface area contributed by atoms with Gasteiger partial charge in [0.15, 0.2) is 0 Å². The first kappa shape index (κ1) is 78.6. The molecule has 0 aliphatic carbocycles. The van der Waals surface area contributed by atoms with Gasteiger partial charge < -0.3 is 27.4 Å². The van der Waals surface area contributed by atoms with Crippen molar-refractivity contribution in [3.63, 3.8) is 0 Å². The van der Waals surface area contributed by atoms with Crippen LogP contribution >= 0.6 is 0 Å². The maximum absolute atomic E-state index is 4.43. The minimum atomic E-state index is 0.428. The molecule has 0 fully saturated rings. The number of hydrogen-bond donors (Lipinski definition) is 0. The molecular formula is C81H111N19. The molecule has 5 aromatic carbocycles. The SMILES string of the molecule is CC(C)n1cc2ccccc2c1.CC(C)n1cc2ccccc2n1.CC(C)n1ccc2ccccc21.CC(C)n1cccc1.CC(C)n1cccn1.CC(C)n1ccnc1.CC(C)n1cnc2ccccc21.CC(C)n1cncn1.CC(C)n1cnnc1.CC(C)n1ncc2ccccc21. The summed E-state index contributed by atoms with van der Waals surface area (Å²) < 4.78 is 20.6. The Morgan fingerprint density at radius 2 is 0.800 bits per heavy atom. The van der Waals surface area contributed by atoms with Gasteiger partial charge >= 0.3 is 0 Å². The number of nitrogens with zero attached hydrogens (tertiary/aromatic N) is 19. The van der Waals surface area contributed by atoms with E-state index in [1.807, 2.05) is 117 Å². The van der Waals surface area contributed by atoms with Gasteiger partial charge in [0.25, 0.3) is 0 Å². The van der Waals surface area contributed by atoms with Gasteiger partial charge in [-0.05, 0) is 209 Å². The van der Waals surface area contributed by atoms with Crippen LogP contribution in [0.2, 0.25) is 0 Å². The fourth-order valence-corrected chi connectivity index (χ4v) is 9.81. The highest BCUT2D eigenvalue weighted by Gasteiger charge is 2.07. The van der Waals surface area contributed by atoms with Crippen LogP contribution in [0.4, 0.5) is 0 Å². The summed E-state index contributed by atoms with van der Waals surface area (Å²) in [6, 6.07) is 54.7. The molecule has 0 aliphatic rings. The van der Waals surface area contributed by atoms with Crippen molar-refractivity contribution in [1.29, 1.82) is 0 Å². The predicted octanol–water partition coefficient (Wildman–Crippen LogP) is 21.0. The monoisotopic (exact) mass is 1350 g/mol. The first-order valence-electron chi connectivity index (χ1n) is 35.1. The molecule has 0 bridgehead atoms. The van der Waals surface area contributed by atoms with Gasteiger partial charge in [-0.25, -0.2) is 15.0 Å². The molecule has 19 heteroatoms. The van der Waals surface area contributed by atoms with E-state index in [1.54, 1.807) is 42.4 Å². The maximum Gasteiger partial charge on any atom is 0.137 e. The molecule has 15 rings (SSSR count). The third kappa shape index (κ3) is 24.8. The highest BCUT2D eigenvalue weighted by molar-refractivity contribution is 5.82. The van der Waals surface area contributed by atoms with E-state index in [1.165, 1.54) is 43.5 Å². The van der Waals surface area contributed by atoms with Gasteiger partial charge in [0.05, 0.1) is 40.9 Å². The van der Waals surface area contributed by atoms with Crippen LogP contribution in [-0.4, -0.2) is 91.7 Å². The molecule has 0 saturated carbocycles. The Balaban J connectivity index is 0.000000176. The minimum Gasteiger partial charge on any atom is -0.352 e. The summed E-state index contributed by atoms with van der Waals surface area (Å²) in [5.74, 6) is 0. The van der Waals surface area contributed by atoms with E-state index in [0.717, 1.165) is 11.0 Å². The quantitative estimate of drug-likeness (QED) is 0.130. The summed E-state index contributed by atoms with van der Waals surface area (Å²) in [6.45, 7) is 42.7. The maximum atomic E-state index is 4.43. The lowest BCUT2D eigenvalue weighted by molar-refractivity contribution is 0.531. The van der Waals surface area contributed by atoms with Gasteiger partial charge in [-0.15, -0.1) is 10.2 Å². The summed E-state index contributed by atoms with van der Waals surface area (Å²) in [4.78, 5) is 12.0. The Morgan fingerprint density at radius 3 is 1.24 bits per heavy atom. The van der Waals surface area contributed by atoms with Crippen LogP contribution in [0, 0.1) is 0 Å². The molecule has 15 aromatic rings. The van der Waals surface area contributed by atoms with Crippen LogP contribution < -0.4 is 0 Å². The van der Waals surface area contributed by atoms with E-state index >= 15 is 0 Å². The van der Waals surface area contributed by atoms with Crippen LogP contribution in [0.5, 0.6) is 0 Å². The first-order chi connectivity index (χ1) is 47.9. The van der Waals surface area contributed by atoms with Crippen molar-refractivity contribution >= 4 is 54.5 Å². The minimum absolute atomic E-state index is 0.428. The second kappa shape index (κ2) is 40.5. The number of imidazole rings is 2. The van der Waals surface area contributed by atoms with E-state index in [2.05, 4.69) is 323 Å². The molecule has 19 nitrogen and oxygen atoms in total. The van der Waals surface area contributed by atoms with Crippen molar-refractivity contribution < 1.29 is 0 Å². The standard InChI is InChI=1S/2C11H13N.3C10H12N2.C7H11N.2C6H10N2.2C5H9N3/c1-9(2)12-7-10-5-3-4-6-11(10)8-12;1-9(2)12-8-7-10-5-3-4-6-11(10)12;1-8(2)12-7-11-9-5-3-4-6-10(9)12;1-8(2)12-7-9-5-3-4-6-10(9)11-12;1-8(2)12-10-6-4-3-5-9(10)7-11-12;1-7(2)8-5-3-4-6-8;1-6(2)8-4-3-7-5-8;1-6(2)8-5-3-4-7-8;1-5(2)8-3-6-7-4-8;1-5(2)8-4-6-3-7-8/h2*3-9H,1-2H3;3*3-8H,1-2H3;3-7H,1-2H3;2*3-6H,1-2H3;2*3-5H,1-2H3. The molecule has 0 unspecified atom stereocenters. The molecule has 100 heavy (non-hydrogen) atoms. The molecule has 530 valence electrons. The first-order valence-corrected chi connectivity index (χ1v) is 35.1. The molecule has 0 spiro atoms. The van der Waals surface area contributed by atoms with Crippen LogP contribution in [0.25, 0.3) is 54.5 Å². The normalized spacial score (nSPS) is 10.9. The topological polar surface area (TPSA) is 165 Å². The van der Waals surface area contributed by atoms with E-state index in [9.17, 15) is 0 Å². The Bertz CT molecular complexity index is 3950. The molecule has 0 amide bonds. The van der Waals surface area contributed by atoms with Gasteiger partial charge in [-0.1, -0.05) is 91.0 Å². The lowest BCUT2D eigenvalue weighted by Crippen LogP contribution is -2.01.